The van der Waals surface area contributed by atoms with Crippen molar-refractivity contribution in [2.24, 2.45) is 0 Å². The number of rotatable bonds is 3. The quantitative estimate of drug-likeness (QED) is 0.906. The van der Waals surface area contributed by atoms with Gasteiger partial charge in [-0.3, -0.25) is 4.90 Å². The molecule has 0 radical (unpaired) electrons. The van der Waals surface area contributed by atoms with Crippen molar-refractivity contribution in [3.8, 4) is 0 Å². The van der Waals surface area contributed by atoms with E-state index >= 15 is 0 Å². The first kappa shape index (κ1) is 16.4. The van der Waals surface area contributed by atoms with Crippen LogP contribution in [-0.2, 0) is 9.47 Å². The number of halogens is 1. The van der Waals surface area contributed by atoms with E-state index in [2.05, 4.69) is 15.9 Å². The molecule has 1 aliphatic carbocycles. The van der Waals surface area contributed by atoms with Gasteiger partial charge in [-0.2, -0.15) is 0 Å². The summed E-state index contributed by atoms with van der Waals surface area (Å²) in [4.78, 5) is 4.62. The van der Waals surface area contributed by atoms with Crippen molar-refractivity contribution in [3.63, 3.8) is 0 Å². The van der Waals surface area contributed by atoms with Gasteiger partial charge in [0.25, 0.3) is 0 Å². The number of anilines is 1. The van der Waals surface area contributed by atoms with E-state index in [9.17, 15) is 9.50 Å². The fourth-order valence-corrected chi connectivity index (χ4v) is 3.69. The van der Waals surface area contributed by atoms with Crippen LogP contribution in [-0.4, -0.2) is 61.5 Å². The van der Waals surface area contributed by atoms with E-state index in [-0.39, 0.29) is 24.6 Å². The predicted octanol–water partition coefficient (Wildman–Crippen LogP) is 1.90. The summed E-state index contributed by atoms with van der Waals surface area (Å²) in [5.41, 5.74) is 0.936. The molecule has 2 unspecified atom stereocenters. The van der Waals surface area contributed by atoms with Crippen LogP contribution >= 0.6 is 0 Å². The molecule has 134 valence electrons. The van der Waals surface area contributed by atoms with E-state index in [4.69, 9.17) is 9.47 Å². The summed E-state index contributed by atoms with van der Waals surface area (Å²) in [7, 11) is 0. The summed E-state index contributed by atoms with van der Waals surface area (Å²) in [6, 6.07) is 6.95. The second kappa shape index (κ2) is 7.06. The van der Waals surface area contributed by atoms with Crippen LogP contribution in [0.4, 0.5) is 10.1 Å². The smallest absolute Gasteiger partial charge is 0.158 e. The standard InChI is InChI=1S/C19H23FN2O3/c20-14-3-1-4-15(11-14)21-7-9-22(10-8-21)17-5-2-6-18-19(17)24-13-16(12-23)25-18/h1-4,6,11,16-17,23H,5,7-10,12-13H2. The second-order valence-electron chi connectivity index (χ2n) is 6.62. The molecule has 5 nitrogen and oxygen atoms in total. The molecule has 2 aliphatic heterocycles. The van der Waals surface area contributed by atoms with Crippen LogP contribution in [0.5, 0.6) is 0 Å². The highest BCUT2D eigenvalue weighted by Gasteiger charge is 2.34. The van der Waals surface area contributed by atoms with Crippen molar-refractivity contribution in [1.29, 1.82) is 0 Å². The van der Waals surface area contributed by atoms with Gasteiger partial charge in [-0.25, -0.2) is 4.39 Å². The zero-order chi connectivity index (χ0) is 17.2. The van der Waals surface area contributed by atoms with Gasteiger partial charge in [-0.15, -0.1) is 0 Å². The lowest BCUT2D eigenvalue weighted by atomic mass is 10.0. The van der Waals surface area contributed by atoms with Crippen LogP contribution in [0.3, 0.4) is 0 Å². The zero-order valence-electron chi connectivity index (χ0n) is 14.1. The van der Waals surface area contributed by atoms with E-state index < -0.39 is 0 Å². The molecule has 1 N–H and O–H groups in total. The minimum atomic E-state index is -0.285. The average molecular weight is 346 g/mol. The number of aliphatic hydroxyl groups excluding tert-OH is 1. The summed E-state index contributed by atoms with van der Waals surface area (Å²) in [6.07, 6.45) is 4.65. The van der Waals surface area contributed by atoms with Gasteiger partial charge in [-0.1, -0.05) is 12.1 Å². The van der Waals surface area contributed by atoms with Gasteiger partial charge < -0.3 is 19.5 Å². The fourth-order valence-electron chi connectivity index (χ4n) is 3.69. The maximum Gasteiger partial charge on any atom is 0.158 e. The highest BCUT2D eigenvalue weighted by molar-refractivity contribution is 5.47. The molecule has 2 atom stereocenters. The van der Waals surface area contributed by atoms with E-state index in [0.717, 1.165) is 49.8 Å². The third-order valence-electron chi connectivity index (χ3n) is 5.02. The predicted molar refractivity (Wildman–Crippen MR) is 92.7 cm³/mol. The first-order chi connectivity index (χ1) is 12.2. The van der Waals surface area contributed by atoms with E-state index in [1.165, 1.54) is 6.07 Å². The summed E-state index contributed by atoms with van der Waals surface area (Å²) in [5, 5.41) is 9.26. The van der Waals surface area contributed by atoms with Crippen LogP contribution in [0.2, 0.25) is 0 Å². The molecular weight excluding hydrogens is 323 g/mol. The van der Waals surface area contributed by atoms with E-state index in [1.54, 1.807) is 12.1 Å². The summed E-state index contributed by atoms with van der Waals surface area (Å²) < 4.78 is 25.2. The fraction of sp³-hybridized carbons (Fsp3) is 0.474. The van der Waals surface area contributed by atoms with E-state index in [0.29, 0.717) is 6.61 Å². The Balaban J connectivity index is 1.42. The van der Waals surface area contributed by atoms with Gasteiger partial charge in [0, 0.05) is 31.9 Å². The van der Waals surface area contributed by atoms with Crippen LogP contribution in [0, 0.1) is 5.82 Å². The number of hydrogen-bond donors (Lipinski definition) is 1. The molecule has 3 aliphatic rings. The van der Waals surface area contributed by atoms with E-state index in [1.807, 2.05) is 12.1 Å². The van der Waals surface area contributed by atoms with Crippen LogP contribution < -0.4 is 4.90 Å². The largest absolute Gasteiger partial charge is 0.488 e. The van der Waals surface area contributed by atoms with Gasteiger partial charge in [0.1, 0.15) is 12.4 Å². The Hall–Kier alpha value is -2.05. The number of ether oxygens (including phenoxy) is 2. The van der Waals surface area contributed by atoms with Gasteiger partial charge in [0.05, 0.1) is 12.6 Å². The Morgan fingerprint density at radius 3 is 2.80 bits per heavy atom. The van der Waals surface area contributed by atoms with Gasteiger partial charge in [-0.05, 0) is 30.7 Å². The Bertz CT molecular complexity index is 683. The van der Waals surface area contributed by atoms with Crippen LogP contribution in [0.15, 0.2) is 47.9 Å². The summed E-state index contributed by atoms with van der Waals surface area (Å²) in [5.74, 6) is 1.43. The maximum absolute atomic E-state index is 13.4. The first-order valence-corrected chi connectivity index (χ1v) is 8.80. The van der Waals surface area contributed by atoms with Crippen molar-refractivity contribution in [3.05, 3.63) is 53.8 Å². The average Bonchev–Trinajstić information content (AvgIpc) is 2.67. The lowest BCUT2D eigenvalue weighted by Gasteiger charge is -2.42. The third-order valence-corrected chi connectivity index (χ3v) is 5.02. The molecule has 1 aromatic carbocycles. The molecule has 6 heteroatoms. The normalized spacial score (nSPS) is 26.9. The maximum atomic E-state index is 13.4. The number of aliphatic hydroxyl groups is 1. The topological polar surface area (TPSA) is 45.2 Å². The Kier molecular flexibility index (Phi) is 4.63. The molecule has 0 amide bonds. The Morgan fingerprint density at radius 1 is 1.20 bits per heavy atom. The van der Waals surface area contributed by atoms with Crippen LogP contribution in [0.25, 0.3) is 0 Å². The zero-order valence-corrected chi connectivity index (χ0v) is 14.1. The minimum Gasteiger partial charge on any atom is -0.488 e. The highest BCUT2D eigenvalue weighted by atomic mass is 19.1. The number of hydrogen-bond acceptors (Lipinski definition) is 5. The Labute approximate surface area is 146 Å². The molecule has 0 saturated carbocycles. The number of benzene rings is 1. The molecule has 25 heavy (non-hydrogen) atoms. The van der Waals surface area contributed by atoms with Crippen molar-refractivity contribution in [2.45, 2.75) is 18.6 Å². The summed E-state index contributed by atoms with van der Waals surface area (Å²) in [6.45, 7) is 3.83. The number of piperazine rings is 1. The highest BCUT2D eigenvalue weighted by Crippen LogP contribution is 2.31. The molecule has 0 spiro atoms. The molecule has 1 fully saturated rings. The molecular formula is C19H23FN2O3. The first-order valence-electron chi connectivity index (χ1n) is 8.80. The van der Waals surface area contributed by atoms with Crippen molar-refractivity contribution in [1.82, 2.24) is 4.90 Å². The van der Waals surface area contributed by atoms with Crippen molar-refractivity contribution in [2.75, 3.05) is 44.3 Å². The van der Waals surface area contributed by atoms with Crippen LogP contribution in [0.1, 0.15) is 6.42 Å². The molecule has 4 rings (SSSR count). The van der Waals surface area contributed by atoms with Gasteiger partial charge >= 0.3 is 0 Å². The molecule has 0 bridgehead atoms. The number of nitrogens with zero attached hydrogens (tertiary/aromatic N) is 2. The Morgan fingerprint density at radius 2 is 2.04 bits per heavy atom. The lowest BCUT2D eigenvalue weighted by molar-refractivity contribution is -0.0413. The molecule has 1 saturated heterocycles. The molecule has 0 aromatic heterocycles. The van der Waals surface area contributed by atoms with Crippen molar-refractivity contribution < 1.29 is 19.0 Å². The van der Waals surface area contributed by atoms with Gasteiger partial charge in [0.2, 0.25) is 0 Å². The minimum absolute atomic E-state index is 0.0401. The third kappa shape index (κ3) is 3.37. The lowest BCUT2D eigenvalue weighted by Crippen LogP contribution is -2.52. The second-order valence-corrected chi connectivity index (χ2v) is 6.62. The monoisotopic (exact) mass is 346 g/mol. The SMILES string of the molecule is OCC1COC2=C(C=CCC2N2CCN(c3cccc(F)c3)CC2)O1. The number of allylic oxidation sites excluding steroid dienone is 1. The molecule has 2 heterocycles. The summed E-state index contributed by atoms with van der Waals surface area (Å²) >= 11 is 0. The van der Waals surface area contributed by atoms with Gasteiger partial charge in [0.15, 0.2) is 17.6 Å². The molecule has 1 aromatic rings. The van der Waals surface area contributed by atoms with Crippen molar-refractivity contribution >= 4 is 5.69 Å².